The number of nitrogens with one attached hydrogen (secondary N) is 2. The molecule has 1 aromatic rings. The van der Waals surface area contributed by atoms with Gasteiger partial charge in [0.1, 0.15) is 6.10 Å². The molecule has 0 radical (unpaired) electrons. The lowest BCUT2D eigenvalue weighted by Gasteiger charge is -2.20. The van der Waals surface area contributed by atoms with E-state index in [0.29, 0.717) is 12.6 Å². The van der Waals surface area contributed by atoms with E-state index in [9.17, 15) is 0 Å². The van der Waals surface area contributed by atoms with Gasteiger partial charge in [0, 0.05) is 13.1 Å². The predicted molar refractivity (Wildman–Crippen MR) is 87.3 cm³/mol. The highest BCUT2D eigenvalue weighted by Gasteiger charge is 2.10. The summed E-state index contributed by atoms with van der Waals surface area (Å²) in [6.07, 6.45) is 1.05. The SMILES string of the molecule is CCC(C)NC(=NC)NCC(C)Oc1ccccc1OC. The maximum Gasteiger partial charge on any atom is 0.191 e. The fourth-order valence-corrected chi connectivity index (χ4v) is 1.75. The fourth-order valence-electron chi connectivity index (χ4n) is 1.75. The molecule has 5 nitrogen and oxygen atoms in total. The minimum absolute atomic E-state index is 0.00298. The molecule has 118 valence electrons. The first kappa shape index (κ1) is 17.1. The Kier molecular flexibility index (Phi) is 7.43. The lowest BCUT2D eigenvalue weighted by Crippen LogP contribution is -2.45. The summed E-state index contributed by atoms with van der Waals surface area (Å²) in [5.74, 6) is 2.28. The molecule has 0 saturated carbocycles. The van der Waals surface area contributed by atoms with Gasteiger partial charge in [-0.1, -0.05) is 19.1 Å². The van der Waals surface area contributed by atoms with Crippen LogP contribution in [-0.4, -0.2) is 38.8 Å². The van der Waals surface area contributed by atoms with Crippen molar-refractivity contribution < 1.29 is 9.47 Å². The Morgan fingerprint density at radius 3 is 2.48 bits per heavy atom. The molecule has 0 fully saturated rings. The van der Waals surface area contributed by atoms with Gasteiger partial charge >= 0.3 is 0 Å². The van der Waals surface area contributed by atoms with Crippen LogP contribution in [0.4, 0.5) is 0 Å². The maximum absolute atomic E-state index is 5.89. The van der Waals surface area contributed by atoms with Gasteiger partial charge in [-0.2, -0.15) is 0 Å². The van der Waals surface area contributed by atoms with E-state index in [1.165, 1.54) is 0 Å². The second-order valence-electron chi connectivity index (χ2n) is 4.99. The lowest BCUT2D eigenvalue weighted by atomic mass is 10.3. The molecule has 0 heterocycles. The standard InChI is InChI=1S/C16H27N3O2/c1-6-12(2)19-16(17-4)18-11-13(3)21-15-10-8-7-9-14(15)20-5/h7-10,12-13H,6,11H2,1-5H3,(H2,17,18,19). The zero-order valence-corrected chi connectivity index (χ0v) is 13.6. The molecule has 2 unspecified atom stereocenters. The van der Waals surface area contributed by atoms with Crippen LogP contribution in [0.1, 0.15) is 27.2 Å². The number of hydrogen-bond acceptors (Lipinski definition) is 3. The summed E-state index contributed by atoms with van der Waals surface area (Å²) in [5, 5.41) is 6.58. The molecule has 21 heavy (non-hydrogen) atoms. The number of guanidine groups is 1. The average molecular weight is 293 g/mol. The molecule has 1 rings (SSSR count). The van der Waals surface area contributed by atoms with Gasteiger partial charge in [0.2, 0.25) is 0 Å². The van der Waals surface area contributed by atoms with Crippen molar-refractivity contribution in [1.29, 1.82) is 0 Å². The first-order chi connectivity index (χ1) is 10.1. The maximum atomic E-state index is 5.89. The van der Waals surface area contributed by atoms with Crippen LogP contribution >= 0.6 is 0 Å². The molecule has 2 N–H and O–H groups in total. The minimum atomic E-state index is -0.00298. The highest BCUT2D eigenvalue weighted by molar-refractivity contribution is 5.79. The molecule has 0 aliphatic carbocycles. The van der Waals surface area contributed by atoms with Crippen LogP contribution in [0, 0.1) is 0 Å². The molecule has 0 spiro atoms. The van der Waals surface area contributed by atoms with Crippen LogP contribution in [-0.2, 0) is 0 Å². The molecule has 0 amide bonds. The number of methoxy groups -OCH3 is 1. The van der Waals surface area contributed by atoms with Crippen LogP contribution < -0.4 is 20.1 Å². The highest BCUT2D eigenvalue weighted by atomic mass is 16.5. The molecule has 0 saturated heterocycles. The number of hydrogen-bond donors (Lipinski definition) is 2. The Morgan fingerprint density at radius 1 is 1.24 bits per heavy atom. The monoisotopic (exact) mass is 293 g/mol. The van der Waals surface area contributed by atoms with E-state index >= 15 is 0 Å². The Morgan fingerprint density at radius 2 is 1.90 bits per heavy atom. The van der Waals surface area contributed by atoms with E-state index < -0.39 is 0 Å². The summed E-state index contributed by atoms with van der Waals surface area (Å²) in [7, 11) is 3.41. The number of para-hydroxylation sites is 2. The van der Waals surface area contributed by atoms with Crippen molar-refractivity contribution >= 4 is 5.96 Å². The van der Waals surface area contributed by atoms with Gasteiger partial charge in [-0.3, -0.25) is 4.99 Å². The fraction of sp³-hybridized carbons (Fsp3) is 0.562. The summed E-state index contributed by atoms with van der Waals surface area (Å²) >= 11 is 0. The zero-order chi connectivity index (χ0) is 15.7. The van der Waals surface area contributed by atoms with Crippen molar-refractivity contribution in [2.24, 2.45) is 4.99 Å². The third-order valence-electron chi connectivity index (χ3n) is 3.17. The average Bonchev–Trinajstić information content (AvgIpc) is 2.51. The second kappa shape index (κ2) is 9.10. The van der Waals surface area contributed by atoms with Crippen molar-refractivity contribution in [2.45, 2.75) is 39.3 Å². The van der Waals surface area contributed by atoms with Crippen molar-refractivity contribution in [3.8, 4) is 11.5 Å². The number of ether oxygens (including phenoxy) is 2. The van der Waals surface area contributed by atoms with Crippen LogP contribution in [0.2, 0.25) is 0 Å². The van der Waals surface area contributed by atoms with E-state index in [-0.39, 0.29) is 6.10 Å². The summed E-state index contributed by atoms with van der Waals surface area (Å²) in [4.78, 5) is 4.20. The minimum Gasteiger partial charge on any atom is -0.493 e. The van der Waals surface area contributed by atoms with Gasteiger partial charge in [0.25, 0.3) is 0 Å². The molecule has 1 aromatic carbocycles. The molecule has 0 aliphatic heterocycles. The van der Waals surface area contributed by atoms with Crippen molar-refractivity contribution in [3.63, 3.8) is 0 Å². The van der Waals surface area contributed by atoms with Crippen molar-refractivity contribution in [2.75, 3.05) is 20.7 Å². The van der Waals surface area contributed by atoms with Crippen molar-refractivity contribution in [3.05, 3.63) is 24.3 Å². The van der Waals surface area contributed by atoms with Crippen LogP contribution in [0.25, 0.3) is 0 Å². The van der Waals surface area contributed by atoms with Crippen LogP contribution in [0.5, 0.6) is 11.5 Å². The van der Waals surface area contributed by atoms with Crippen LogP contribution in [0.15, 0.2) is 29.3 Å². The molecule has 0 aromatic heterocycles. The first-order valence-corrected chi connectivity index (χ1v) is 7.37. The number of nitrogens with zero attached hydrogens (tertiary/aromatic N) is 1. The van der Waals surface area contributed by atoms with Gasteiger partial charge < -0.3 is 20.1 Å². The number of benzene rings is 1. The van der Waals surface area contributed by atoms with Gasteiger partial charge in [0.05, 0.1) is 13.7 Å². The Hall–Kier alpha value is -1.91. The summed E-state index contributed by atoms with van der Waals surface area (Å²) in [6, 6.07) is 8.04. The molecule has 5 heteroatoms. The van der Waals surface area contributed by atoms with E-state index in [0.717, 1.165) is 23.9 Å². The Balaban J connectivity index is 2.48. The topological polar surface area (TPSA) is 54.9 Å². The normalized spacial score (nSPS) is 14.2. The predicted octanol–water partition coefficient (Wildman–Crippen LogP) is 2.43. The van der Waals surface area contributed by atoms with E-state index in [1.807, 2.05) is 31.2 Å². The zero-order valence-electron chi connectivity index (χ0n) is 13.6. The molecular formula is C16H27N3O2. The number of rotatable bonds is 7. The highest BCUT2D eigenvalue weighted by Crippen LogP contribution is 2.26. The second-order valence-corrected chi connectivity index (χ2v) is 4.99. The van der Waals surface area contributed by atoms with Gasteiger partial charge in [0.15, 0.2) is 17.5 Å². The van der Waals surface area contributed by atoms with Gasteiger partial charge in [-0.15, -0.1) is 0 Å². The third kappa shape index (κ3) is 5.94. The van der Waals surface area contributed by atoms with Gasteiger partial charge in [-0.05, 0) is 32.4 Å². The smallest absolute Gasteiger partial charge is 0.191 e. The molecule has 0 bridgehead atoms. The van der Waals surface area contributed by atoms with Crippen molar-refractivity contribution in [1.82, 2.24) is 10.6 Å². The molecule has 2 atom stereocenters. The number of aliphatic imine (C=N–C) groups is 1. The summed E-state index contributed by atoms with van der Waals surface area (Å²) in [5.41, 5.74) is 0. The quantitative estimate of drug-likeness (QED) is 0.599. The lowest BCUT2D eigenvalue weighted by molar-refractivity contribution is 0.213. The molecule has 0 aliphatic rings. The molecular weight excluding hydrogens is 266 g/mol. The summed E-state index contributed by atoms with van der Waals surface area (Å²) < 4.78 is 11.2. The first-order valence-electron chi connectivity index (χ1n) is 7.37. The largest absolute Gasteiger partial charge is 0.493 e. The van der Waals surface area contributed by atoms with E-state index in [2.05, 4.69) is 29.5 Å². The Labute approximate surface area is 127 Å². The van der Waals surface area contributed by atoms with E-state index in [1.54, 1.807) is 14.2 Å². The summed E-state index contributed by atoms with van der Waals surface area (Å²) in [6.45, 7) is 6.93. The Bertz CT molecular complexity index is 449. The third-order valence-corrected chi connectivity index (χ3v) is 3.17. The van der Waals surface area contributed by atoms with Crippen LogP contribution in [0.3, 0.4) is 0 Å². The van der Waals surface area contributed by atoms with E-state index in [4.69, 9.17) is 9.47 Å². The van der Waals surface area contributed by atoms with Gasteiger partial charge in [-0.25, -0.2) is 0 Å².